The van der Waals surface area contributed by atoms with E-state index in [4.69, 9.17) is 4.74 Å². The first-order chi connectivity index (χ1) is 7.79. The Hall–Kier alpha value is -0.590. The molecule has 1 heterocycles. The lowest BCUT2D eigenvalue weighted by molar-refractivity contribution is 0.411. The van der Waals surface area contributed by atoms with Gasteiger partial charge in [-0.3, -0.25) is 0 Å². The molecule has 0 unspecified atom stereocenters. The molecule has 2 aromatic rings. The highest BCUT2D eigenvalue weighted by Gasteiger charge is 2.05. The minimum Gasteiger partial charge on any atom is -0.496 e. The minimum atomic E-state index is 0.831. The molecule has 0 amide bonds. The maximum Gasteiger partial charge on any atom is 0.170 e. The number of methoxy groups -OCH3 is 1. The largest absolute Gasteiger partial charge is 0.496 e. The van der Waals surface area contributed by atoms with E-state index in [1.165, 1.54) is 11.5 Å². The van der Waals surface area contributed by atoms with E-state index < -0.39 is 0 Å². The van der Waals surface area contributed by atoms with Crippen molar-refractivity contribution < 1.29 is 4.74 Å². The van der Waals surface area contributed by atoms with Gasteiger partial charge in [-0.25, -0.2) is 4.98 Å². The zero-order chi connectivity index (χ0) is 11.4. The predicted octanol–water partition coefficient (Wildman–Crippen LogP) is 3.60. The summed E-state index contributed by atoms with van der Waals surface area (Å²) in [5, 5.41) is 0. The van der Waals surface area contributed by atoms with Gasteiger partial charge in [0.15, 0.2) is 4.34 Å². The molecule has 3 nitrogen and oxygen atoms in total. The van der Waals surface area contributed by atoms with E-state index >= 15 is 0 Å². The lowest BCUT2D eigenvalue weighted by Gasteiger charge is -2.07. The molecule has 0 saturated carbocycles. The number of ether oxygens (including phenoxy) is 1. The highest BCUT2D eigenvalue weighted by Crippen LogP contribution is 2.30. The van der Waals surface area contributed by atoms with Crippen molar-refractivity contribution in [2.45, 2.75) is 10.1 Å². The van der Waals surface area contributed by atoms with Gasteiger partial charge in [0, 0.05) is 15.8 Å². The van der Waals surface area contributed by atoms with Crippen LogP contribution in [0.4, 0.5) is 0 Å². The third-order valence-corrected chi connectivity index (χ3v) is 4.27. The summed E-state index contributed by atoms with van der Waals surface area (Å²) in [4.78, 5) is 4.13. The Morgan fingerprint density at radius 3 is 3.06 bits per heavy atom. The van der Waals surface area contributed by atoms with E-state index in [2.05, 4.69) is 31.4 Å². The fourth-order valence-corrected chi connectivity index (χ4v) is 3.06. The molecule has 0 saturated heterocycles. The molecule has 0 aliphatic rings. The summed E-state index contributed by atoms with van der Waals surface area (Å²) >= 11 is 6.53. The molecular weight excluding hydrogens is 308 g/mol. The van der Waals surface area contributed by atoms with E-state index in [1.54, 1.807) is 25.2 Å². The Balaban J connectivity index is 2.11. The Kier molecular flexibility index (Phi) is 4.20. The molecule has 16 heavy (non-hydrogen) atoms. The average Bonchev–Trinajstić information content (AvgIpc) is 2.79. The van der Waals surface area contributed by atoms with Gasteiger partial charge < -0.3 is 4.74 Å². The van der Waals surface area contributed by atoms with Crippen molar-refractivity contribution in [1.82, 2.24) is 9.36 Å². The Labute approximate surface area is 111 Å². The Bertz CT molecular complexity index is 462. The van der Waals surface area contributed by atoms with Crippen LogP contribution in [0.2, 0.25) is 0 Å². The van der Waals surface area contributed by atoms with Crippen LogP contribution < -0.4 is 4.74 Å². The highest BCUT2D eigenvalue weighted by molar-refractivity contribution is 9.10. The fraction of sp³-hybridized carbons (Fsp3) is 0.200. The summed E-state index contributed by atoms with van der Waals surface area (Å²) in [6.07, 6.45) is 1.57. The quantitative estimate of drug-likeness (QED) is 0.807. The lowest BCUT2D eigenvalue weighted by atomic mass is 10.2. The van der Waals surface area contributed by atoms with Crippen LogP contribution in [-0.4, -0.2) is 16.5 Å². The van der Waals surface area contributed by atoms with Gasteiger partial charge in [0.2, 0.25) is 0 Å². The molecule has 0 aliphatic carbocycles. The van der Waals surface area contributed by atoms with Crippen LogP contribution in [0, 0.1) is 0 Å². The standard InChI is InChI=1S/C10H9BrN2OS2/c1-14-9-3-2-8(11)4-7(9)5-15-10-12-6-13-16-10/h2-4,6H,5H2,1H3. The summed E-state index contributed by atoms with van der Waals surface area (Å²) in [5.41, 5.74) is 1.15. The van der Waals surface area contributed by atoms with Gasteiger partial charge in [0.1, 0.15) is 12.1 Å². The molecule has 1 aromatic carbocycles. The highest BCUT2D eigenvalue weighted by atomic mass is 79.9. The SMILES string of the molecule is COc1ccc(Br)cc1CSc1ncns1. The number of nitrogens with zero attached hydrogens (tertiary/aromatic N) is 2. The van der Waals surface area contributed by atoms with Gasteiger partial charge in [-0.15, -0.1) is 0 Å². The maximum atomic E-state index is 5.30. The number of rotatable bonds is 4. The Morgan fingerprint density at radius 1 is 1.50 bits per heavy atom. The summed E-state index contributed by atoms with van der Waals surface area (Å²) in [6, 6.07) is 5.99. The van der Waals surface area contributed by atoms with Crippen LogP contribution in [-0.2, 0) is 5.75 Å². The zero-order valence-corrected chi connectivity index (χ0v) is 11.7. The van der Waals surface area contributed by atoms with Crippen molar-refractivity contribution in [3.63, 3.8) is 0 Å². The fourth-order valence-electron chi connectivity index (χ4n) is 1.23. The van der Waals surface area contributed by atoms with E-state index in [9.17, 15) is 0 Å². The summed E-state index contributed by atoms with van der Waals surface area (Å²) in [6.45, 7) is 0. The van der Waals surface area contributed by atoms with Crippen LogP contribution in [0.15, 0.2) is 33.3 Å². The first kappa shape index (κ1) is 11.9. The summed E-state index contributed by atoms with van der Waals surface area (Å²) in [5.74, 6) is 1.73. The second-order valence-corrected chi connectivity index (χ2v) is 5.87. The van der Waals surface area contributed by atoms with Gasteiger partial charge in [0.25, 0.3) is 0 Å². The Morgan fingerprint density at radius 2 is 2.38 bits per heavy atom. The van der Waals surface area contributed by atoms with Crippen molar-refractivity contribution in [2.24, 2.45) is 0 Å². The van der Waals surface area contributed by atoms with Crippen LogP contribution in [0.3, 0.4) is 0 Å². The number of aromatic nitrogens is 2. The van der Waals surface area contributed by atoms with E-state index in [1.807, 2.05) is 12.1 Å². The number of benzene rings is 1. The van der Waals surface area contributed by atoms with Crippen LogP contribution in [0.1, 0.15) is 5.56 Å². The summed E-state index contributed by atoms with van der Waals surface area (Å²) < 4.78 is 11.3. The molecule has 6 heteroatoms. The first-order valence-electron chi connectivity index (χ1n) is 4.51. The van der Waals surface area contributed by atoms with Gasteiger partial charge in [-0.05, 0) is 29.7 Å². The van der Waals surface area contributed by atoms with E-state index in [0.717, 1.165) is 25.9 Å². The van der Waals surface area contributed by atoms with Gasteiger partial charge >= 0.3 is 0 Å². The smallest absolute Gasteiger partial charge is 0.170 e. The van der Waals surface area contributed by atoms with Crippen molar-refractivity contribution in [3.8, 4) is 5.75 Å². The third-order valence-electron chi connectivity index (χ3n) is 1.93. The number of halogens is 1. The molecule has 0 aliphatic heterocycles. The van der Waals surface area contributed by atoms with Gasteiger partial charge in [-0.1, -0.05) is 27.7 Å². The zero-order valence-electron chi connectivity index (χ0n) is 8.51. The maximum absolute atomic E-state index is 5.30. The van der Waals surface area contributed by atoms with Crippen molar-refractivity contribution in [2.75, 3.05) is 7.11 Å². The molecule has 0 atom stereocenters. The second kappa shape index (κ2) is 5.65. The normalized spacial score (nSPS) is 10.4. The van der Waals surface area contributed by atoms with Crippen molar-refractivity contribution >= 4 is 39.2 Å². The number of hydrogen-bond acceptors (Lipinski definition) is 5. The molecule has 84 valence electrons. The van der Waals surface area contributed by atoms with E-state index in [-0.39, 0.29) is 0 Å². The molecule has 0 spiro atoms. The van der Waals surface area contributed by atoms with Crippen LogP contribution in [0.5, 0.6) is 5.75 Å². The molecule has 0 N–H and O–H groups in total. The molecule has 0 bridgehead atoms. The minimum absolute atomic E-state index is 0.831. The molecule has 0 fully saturated rings. The second-order valence-electron chi connectivity index (χ2n) is 2.95. The third kappa shape index (κ3) is 2.96. The molecule has 2 rings (SSSR count). The lowest BCUT2D eigenvalue weighted by Crippen LogP contribution is -1.90. The monoisotopic (exact) mass is 316 g/mol. The predicted molar refractivity (Wildman–Crippen MR) is 70.2 cm³/mol. The average molecular weight is 317 g/mol. The van der Waals surface area contributed by atoms with Crippen molar-refractivity contribution in [3.05, 3.63) is 34.6 Å². The van der Waals surface area contributed by atoms with Gasteiger partial charge in [-0.2, -0.15) is 4.37 Å². The first-order valence-corrected chi connectivity index (χ1v) is 7.06. The van der Waals surface area contributed by atoms with Crippen molar-refractivity contribution in [1.29, 1.82) is 0 Å². The number of thioether (sulfide) groups is 1. The van der Waals surface area contributed by atoms with Crippen LogP contribution in [0.25, 0.3) is 0 Å². The number of hydrogen-bond donors (Lipinski definition) is 0. The van der Waals surface area contributed by atoms with E-state index in [0.29, 0.717) is 0 Å². The van der Waals surface area contributed by atoms with Gasteiger partial charge in [0.05, 0.1) is 7.11 Å². The topological polar surface area (TPSA) is 35.0 Å². The summed E-state index contributed by atoms with van der Waals surface area (Å²) in [7, 11) is 1.68. The molecule has 1 aromatic heterocycles. The van der Waals surface area contributed by atoms with Crippen LogP contribution >= 0.6 is 39.2 Å². The molecular formula is C10H9BrN2OS2. The molecule has 0 radical (unpaired) electrons.